The Morgan fingerprint density at radius 2 is 2.15 bits per heavy atom. The van der Waals surface area contributed by atoms with Gasteiger partial charge in [0, 0.05) is 18.3 Å². The van der Waals surface area contributed by atoms with Gasteiger partial charge in [-0.1, -0.05) is 24.3 Å². The van der Waals surface area contributed by atoms with Gasteiger partial charge in [-0.3, -0.25) is 0 Å². The summed E-state index contributed by atoms with van der Waals surface area (Å²) in [6.45, 7) is 2.90. The van der Waals surface area contributed by atoms with Crippen molar-refractivity contribution < 1.29 is 13.9 Å². The molecule has 4 heteroatoms. The van der Waals surface area contributed by atoms with E-state index in [4.69, 9.17) is 9.15 Å². The Hall–Kier alpha value is -2.49. The molecule has 1 aliphatic rings. The highest BCUT2D eigenvalue weighted by Gasteiger charge is 2.18. The number of benzene rings is 1. The monoisotopic (exact) mass is 269 g/mol. The van der Waals surface area contributed by atoms with Crippen LogP contribution in [0.2, 0.25) is 0 Å². The van der Waals surface area contributed by atoms with E-state index in [9.17, 15) is 4.79 Å². The Balaban J connectivity index is 1.94. The normalized spacial score (nSPS) is 13.2. The maximum atomic E-state index is 11.6. The average molecular weight is 269 g/mol. The minimum absolute atomic E-state index is 0.228. The molecule has 0 saturated carbocycles. The minimum atomic E-state index is -0.434. The first-order valence-corrected chi connectivity index (χ1v) is 6.58. The molecular weight excluding hydrogens is 254 g/mol. The average Bonchev–Trinajstić information content (AvgIpc) is 2.97. The molecule has 0 radical (unpaired) electrons. The number of furan rings is 1. The second-order valence-corrected chi connectivity index (χ2v) is 4.48. The molecule has 20 heavy (non-hydrogen) atoms. The number of fused-ring (bicyclic) bond motifs is 1. The molecule has 2 heterocycles. The Bertz CT molecular complexity index is 670. The molecule has 0 fully saturated rings. The van der Waals surface area contributed by atoms with Crippen LogP contribution in [0.4, 0.5) is 0 Å². The summed E-state index contributed by atoms with van der Waals surface area (Å²) in [5, 5.41) is 3.21. The van der Waals surface area contributed by atoms with Crippen molar-refractivity contribution >= 4 is 11.5 Å². The van der Waals surface area contributed by atoms with Gasteiger partial charge in [-0.15, -0.1) is 0 Å². The molecule has 0 atom stereocenters. The first kappa shape index (κ1) is 12.5. The van der Waals surface area contributed by atoms with Crippen LogP contribution < -0.4 is 5.32 Å². The number of ether oxygens (including phenoxy) is 1. The highest BCUT2D eigenvalue weighted by Crippen LogP contribution is 2.29. The number of esters is 1. The SMILES string of the molecule is CCOC(=O)c1ccc(C2=CNCc3ccccc32)o1. The number of hydrogen-bond donors (Lipinski definition) is 1. The van der Waals surface area contributed by atoms with E-state index in [1.807, 2.05) is 18.3 Å². The van der Waals surface area contributed by atoms with Gasteiger partial charge < -0.3 is 14.5 Å². The molecule has 102 valence electrons. The lowest BCUT2D eigenvalue weighted by Gasteiger charge is -2.17. The lowest BCUT2D eigenvalue weighted by Crippen LogP contribution is -2.13. The van der Waals surface area contributed by atoms with Gasteiger partial charge in [0.05, 0.1) is 6.61 Å². The maximum Gasteiger partial charge on any atom is 0.374 e. The fourth-order valence-electron chi connectivity index (χ4n) is 2.28. The highest BCUT2D eigenvalue weighted by atomic mass is 16.5. The molecule has 0 amide bonds. The van der Waals surface area contributed by atoms with Crippen LogP contribution in [-0.4, -0.2) is 12.6 Å². The minimum Gasteiger partial charge on any atom is -0.460 e. The van der Waals surface area contributed by atoms with E-state index in [1.165, 1.54) is 5.56 Å². The predicted molar refractivity (Wildman–Crippen MR) is 75.0 cm³/mol. The molecule has 0 spiro atoms. The number of carbonyl (C=O) groups excluding carboxylic acids is 1. The van der Waals surface area contributed by atoms with Gasteiger partial charge >= 0.3 is 5.97 Å². The summed E-state index contributed by atoms with van der Waals surface area (Å²) in [5.74, 6) is 0.454. The number of carbonyl (C=O) groups is 1. The second kappa shape index (κ2) is 5.25. The Kier molecular flexibility index (Phi) is 3.29. The zero-order chi connectivity index (χ0) is 13.9. The first-order valence-electron chi connectivity index (χ1n) is 6.58. The maximum absolute atomic E-state index is 11.6. The smallest absolute Gasteiger partial charge is 0.374 e. The molecule has 0 unspecified atom stereocenters. The van der Waals surface area contributed by atoms with Gasteiger partial charge in [0.25, 0.3) is 0 Å². The van der Waals surface area contributed by atoms with E-state index in [2.05, 4.69) is 17.4 Å². The van der Waals surface area contributed by atoms with E-state index in [-0.39, 0.29) is 5.76 Å². The molecule has 1 N–H and O–H groups in total. The van der Waals surface area contributed by atoms with Crippen molar-refractivity contribution in [1.29, 1.82) is 0 Å². The lowest BCUT2D eigenvalue weighted by molar-refractivity contribution is 0.0489. The second-order valence-electron chi connectivity index (χ2n) is 4.48. The lowest BCUT2D eigenvalue weighted by atomic mass is 9.96. The van der Waals surface area contributed by atoms with E-state index < -0.39 is 5.97 Å². The third-order valence-electron chi connectivity index (χ3n) is 3.19. The number of hydrogen-bond acceptors (Lipinski definition) is 4. The van der Waals surface area contributed by atoms with Crippen molar-refractivity contribution in [1.82, 2.24) is 5.32 Å². The molecule has 0 aliphatic carbocycles. The van der Waals surface area contributed by atoms with E-state index in [1.54, 1.807) is 19.1 Å². The molecule has 3 rings (SSSR count). The Morgan fingerprint density at radius 1 is 1.30 bits per heavy atom. The fourth-order valence-corrected chi connectivity index (χ4v) is 2.28. The summed E-state index contributed by atoms with van der Waals surface area (Å²) in [5.41, 5.74) is 3.28. The molecule has 0 saturated heterocycles. The zero-order valence-corrected chi connectivity index (χ0v) is 11.2. The van der Waals surface area contributed by atoms with Crippen LogP contribution in [0, 0.1) is 0 Å². The van der Waals surface area contributed by atoms with E-state index in [0.717, 1.165) is 17.7 Å². The van der Waals surface area contributed by atoms with Crippen molar-refractivity contribution in [3.05, 3.63) is 65.2 Å². The molecule has 0 bridgehead atoms. The molecule has 2 aromatic rings. The Labute approximate surface area is 117 Å². The van der Waals surface area contributed by atoms with Gasteiger partial charge in [0.2, 0.25) is 5.76 Å². The van der Waals surface area contributed by atoms with Gasteiger partial charge in [0.15, 0.2) is 0 Å². The van der Waals surface area contributed by atoms with Crippen molar-refractivity contribution in [2.75, 3.05) is 6.61 Å². The quantitative estimate of drug-likeness (QED) is 0.870. The molecule has 1 aromatic heterocycles. The Morgan fingerprint density at radius 3 is 3.00 bits per heavy atom. The van der Waals surface area contributed by atoms with Crippen LogP contribution in [0.15, 0.2) is 47.0 Å². The molecule has 4 nitrogen and oxygen atoms in total. The van der Waals surface area contributed by atoms with Crippen LogP contribution in [0.3, 0.4) is 0 Å². The van der Waals surface area contributed by atoms with Crippen LogP contribution in [0.5, 0.6) is 0 Å². The van der Waals surface area contributed by atoms with Gasteiger partial charge in [0.1, 0.15) is 5.76 Å². The summed E-state index contributed by atoms with van der Waals surface area (Å²) in [6, 6.07) is 11.6. The zero-order valence-electron chi connectivity index (χ0n) is 11.2. The fraction of sp³-hybridized carbons (Fsp3) is 0.188. The summed E-state index contributed by atoms with van der Waals surface area (Å²) in [6.07, 6.45) is 1.91. The number of nitrogens with one attached hydrogen (secondary N) is 1. The first-order chi connectivity index (χ1) is 9.79. The van der Waals surface area contributed by atoms with E-state index >= 15 is 0 Å². The third-order valence-corrected chi connectivity index (χ3v) is 3.19. The third kappa shape index (κ3) is 2.20. The molecule has 1 aromatic carbocycles. The van der Waals surface area contributed by atoms with Crippen molar-refractivity contribution in [2.24, 2.45) is 0 Å². The standard InChI is InChI=1S/C16H15NO3/c1-2-19-16(18)15-8-7-14(20-15)13-10-17-9-11-5-3-4-6-12(11)13/h3-8,10,17H,2,9H2,1H3. The predicted octanol–water partition coefficient (Wildman–Crippen LogP) is 2.95. The number of rotatable bonds is 3. The summed E-state index contributed by atoms with van der Waals surface area (Å²) >= 11 is 0. The summed E-state index contributed by atoms with van der Waals surface area (Å²) in [4.78, 5) is 11.6. The van der Waals surface area contributed by atoms with Crippen LogP contribution in [0.25, 0.3) is 5.57 Å². The van der Waals surface area contributed by atoms with Crippen LogP contribution >= 0.6 is 0 Å². The van der Waals surface area contributed by atoms with Crippen molar-refractivity contribution in [3.63, 3.8) is 0 Å². The van der Waals surface area contributed by atoms with Crippen LogP contribution in [-0.2, 0) is 11.3 Å². The van der Waals surface area contributed by atoms with Crippen LogP contribution in [0.1, 0.15) is 34.4 Å². The summed E-state index contributed by atoms with van der Waals surface area (Å²) in [7, 11) is 0. The largest absolute Gasteiger partial charge is 0.460 e. The molecule has 1 aliphatic heterocycles. The molecular formula is C16H15NO3. The van der Waals surface area contributed by atoms with E-state index in [0.29, 0.717) is 12.4 Å². The van der Waals surface area contributed by atoms with Gasteiger partial charge in [-0.25, -0.2) is 4.79 Å². The topological polar surface area (TPSA) is 51.5 Å². The summed E-state index contributed by atoms with van der Waals surface area (Å²) < 4.78 is 10.5. The van der Waals surface area contributed by atoms with Crippen molar-refractivity contribution in [3.8, 4) is 0 Å². The van der Waals surface area contributed by atoms with Gasteiger partial charge in [-0.2, -0.15) is 0 Å². The van der Waals surface area contributed by atoms with Crippen molar-refractivity contribution in [2.45, 2.75) is 13.5 Å². The van der Waals surface area contributed by atoms with Gasteiger partial charge in [-0.05, 0) is 30.2 Å². The highest BCUT2D eigenvalue weighted by molar-refractivity contribution is 5.88.